The van der Waals surface area contributed by atoms with Gasteiger partial charge in [0.25, 0.3) is 0 Å². The third-order valence-corrected chi connectivity index (χ3v) is 3.76. The smallest absolute Gasteiger partial charge is 0.0938 e. The highest BCUT2D eigenvalue weighted by molar-refractivity contribution is 7.10. The first-order valence-electron chi connectivity index (χ1n) is 4.47. The number of rotatable bonds is 2. The van der Waals surface area contributed by atoms with Crippen molar-refractivity contribution in [1.29, 1.82) is 0 Å². The van der Waals surface area contributed by atoms with Crippen LogP contribution in [-0.2, 0) is 6.54 Å². The minimum atomic E-state index is -0.617. The summed E-state index contributed by atoms with van der Waals surface area (Å²) < 4.78 is 0. The Morgan fingerprint density at radius 3 is 2.57 bits per heavy atom. The maximum atomic E-state index is 9.34. The van der Waals surface area contributed by atoms with E-state index in [9.17, 15) is 10.2 Å². The number of β-amino-alcohol motifs (C(OH)–C–C–N with tert-alkyl or cyclic N) is 2. The molecule has 1 fully saturated rings. The van der Waals surface area contributed by atoms with E-state index in [-0.39, 0.29) is 0 Å². The minimum Gasteiger partial charge on any atom is -0.389 e. The van der Waals surface area contributed by atoms with Crippen LogP contribution in [0.25, 0.3) is 0 Å². The molecule has 0 amide bonds. The van der Waals surface area contributed by atoms with Crippen molar-refractivity contribution in [2.45, 2.75) is 18.8 Å². The lowest BCUT2D eigenvalue weighted by Crippen LogP contribution is -2.22. The molecule has 0 spiro atoms. The molecule has 3 nitrogen and oxygen atoms in total. The highest BCUT2D eigenvalue weighted by atomic mass is 35.5. The summed E-state index contributed by atoms with van der Waals surface area (Å²) in [5, 5.41) is 21.4. The molecule has 2 atom stereocenters. The van der Waals surface area contributed by atoms with E-state index in [1.165, 1.54) is 0 Å². The van der Waals surface area contributed by atoms with Crippen molar-refractivity contribution in [2.75, 3.05) is 13.1 Å². The molecule has 2 N–H and O–H groups in total. The predicted molar refractivity (Wildman–Crippen MR) is 56.6 cm³/mol. The van der Waals surface area contributed by atoms with Crippen molar-refractivity contribution in [3.8, 4) is 0 Å². The van der Waals surface area contributed by atoms with Crippen molar-refractivity contribution in [1.82, 2.24) is 4.90 Å². The van der Waals surface area contributed by atoms with E-state index in [0.29, 0.717) is 19.6 Å². The molecule has 2 heterocycles. The van der Waals surface area contributed by atoms with Gasteiger partial charge in [0.2, 0.25) is 0 Å². The summed E-state index contributed by atoms with van der Waals surface area (Å²) in [7, 11) is 0. The van der Waals surface area contributed by atoms with Gasteiger partial charge in [-0.15, -0.1) is 11.3 Å². The summed E-state index contributed by atoms with van der Waals surface area (Å²) in [5.74, 6) is 0. The number of halogens is 1. The molecule has 0 aromatic carbocycles. The Kier molecular flexibility index (Phi) is 3.09. The molecule has 1 aliphatic heterocycles. The molecule has 14 heavy (non-hydrogen) atoms. The first kappa shape index (κ1) is 10.4. The van der Waals surface area contributed by atoms with Crippen LogP contribution in [-0.4, -0.2) is 40.4 Å². The zero-order valence-electron chi connectivity index (χ0n) is 7.56. The van der Waals surface area contributed by atoms with Crippen LogP contribution < -0.4 is 0 Å². The fourth-order valence-electron chi connectivity index (χ4n) is 1.62. The quantitative estimate of drug-likeness (QED) is 0.799. The lowest BCUT2D eigenvalue weighted by molar-refractivity contribution is 0.0572. The molecule has 1 saturated heterocycles. The van der Waals surface area contributed by atoms with Gasteiger partial charge in [-0.2, -0.15) is 0 Å². The molecule has 2 rings (SSSR count). The number of hydrogen-bond acceptors (Lipinski definition) is 4. The summed E-state index contributed by atoms with van der Waals surface area (Å²) in [6.45, 7) is 1.76. The third-order valence-electron chi connectivity index (χ3n) is 2.39. The third kappa shape index (κ3) is 2.10. The molecular formula is C9H12ClNO2S. The van der Waals surface area contributed by atoms with Crippen LogP contribution in [0.1, 0.15) is 4.88 Å². The number of nitrogens with zero attached hydrogens (tertiary/aromatic N) is 1. The monoisotopic (exact) mass is 233 g/mol. The Balaban J connectivity index is 1.97. The zero-order valence-corrected chi connectivity index (χ0v) is 9.13. The number of thiophene rings is 1. The molecule has 2 unspecified atom stereocenters. The second-order valence-corrected chi connectivity index (χ2v) is 4.93. The minimum absolute atomic E-state index is 0.523. The number of aliphatic hydroxyl groups excluding tert-OH is 2. The molecule has 1 aliphatic rings. The molecular weight excluding hydrogens is 222 g/mol. The standard InChI is InChI=1S/C9H12ClNO2S/c10-6-1-2-14-9(6)5-11-3-7(12)8(13)4-11/h1-2,7-8,12-13H,3-5H2. The van der Waals surface area contributed by atoms with Gasteiger partial charge in [-0.05, 0) is 11.4 Å². The Hall–Kier alpha value is -0.130. The highest BCUT2D eigenvalue weighted by Crippen LogP contribution is 2.25. The topological polar surface area (TPSA) is 43.7 Å². The van der Waals surface area contributed by atoms with Crippen molar-refractivity contribution in [2.24, 2.45) is 0 Å². The average Bonchev–Trinajstić information content (AvgIpc) is 2.63. The highest BCUT2D eigenvalue weighted by Gasteiger charge is 2.29. The summed E-state index contributed by atoms with van der Waals surface area (Å²) in [6, 6.07) is 1.87. The second-order valence-electron chi connectivity index (χ2n) is 3.52. The average molecular weight is 234 g/mol. The summed E-state index contributed by atoms with van der Waals surface area (Å²) in [5.41, 5.74) is 0. The Bertz CT molecular complexity index is 308. The van der Waals surface area contributed by atoms with E-state index >= 15 is 0 Å². The van der Waals surface area contributed by atoms with Crippen LogP contribution in [0.5, 0.6) is 0 Å². The molecule has 0 bridgehead atoms. The fourth-order valence-corrected chi connectivity index (χ4v) is 2.75. The van der Waals surface area contributed by atoms with Crippen molar-refractivity contribution < 1.29 is 10.2 Å². The Labute approximate surface area is 91.5 Å². The van der Waals surface area contributed by atoms with E-state index in [1.54, 1.807) is 11.3 Å². The summed E-state index contributed by atoms with van der Waals surface area (Å²) in [6.07, 6.45) is -1.23. The van der Waals surface area contributed by atoms with Crippen LogP contribution in [0.3, 0.4) is 0 Å². The maximum absolute atomic E-state index is 9.34. The van der Waals surface area contributed by atoms with Crippen LogP contribution >= 0.6 is 22.9 Å². The van der Waals surface area contributed by atoms with Crippen molar-refractivity contribution >= 4 is 22.9 Å². The van der Waals surface area contributed by atoms with Gasteiger partial charge in [0.1, 0.15) is 0 Å². The molecule has 78 valence electrons. The van der Waals surface area contributed by atoms with Crippen LogP contribution in [0, 0.1) is 0 Å². The lowest BCUT2D eigenvalue weighted by Gasteiger charge is -2.13. The molecule has 1 aromatic rings. The SMILES string of the molecule is OC1CN(Cc2sccc2Cl)CC1O. The molecule has 0 saturated carbocycles. The first-order valence-corrected chi connectivity index (χ1v) is 5.73. The van der Waals surface area contributed by atoms with E-state index in [2.05, 4.69) is 0 Å². The first-order chi connectivity index (χ1) is 6.66. The predicted octanol–water partition coefficient (Wildman–Crippen LogP) is 0.939. The van der Waals surface area contributed by atoms with E-state index < -0.39 is 12.2 Å². The van der Waals surface area contributed by atoms with Crippen LogP contribution in [0.15, 0.2) is 11.4 Å². The molecule has 0 radical (unpaired) electrons. The Morgan fingerprint density at radius 1 is 1.43 bits per heavy atom. The Morgan fingerprint density at radius 2 is 2.07 bits per heavy atom. The van der Waals surface area contributed by atoms with Gasteiger partial charge in [0.15, 0.2) is 0 Å². The number of aliphatic hydroxyl groups is 2. The largest absolute Gasteiger partial charge is 0.389 e. The molecule has 1 aromatic heterocycles. The van der Waals surface area contributed by atoms with E-state index in [4.69, 9.17) is 11.6 Å². The zero-order chi connectivity index (χ0) is 10.1. The van der Waals surface area contributed by atoms with Gasteiger partial charge in [0, 0.05) is 24.5 Å². The number of likely N-dealkylation sites (tertiary alicyclic amines) is 1. The molecule has 0 aliphatic carbocycles. The van der Waals surface area contributed by atoms with Gasteiger partial charge < -0.3 is 10.2 Å². The van der Waals surface area contributed by atoms with Crippen molar-refractivity contribution in [3.63, 3.8) is 0 Å². The van der Waals surface area contributed by atoms with Crippen LogP contribution in [0.4, 0.5) is 0 Å². The normalized spacial score (nSPS) is 28.5. The van der Waals surface area contributed by atoms with E-state index in [0.717, 1.165) is 9.90 Å². The van der Waals surface area contributed by atoms with Crippen LogP contribution in [0.2, 0.25) is 5.02 Å². The van der Waals surface area contributed by atoms with Gasteiger partial charge in [-0.25, -0.2) is 0 Å². The number of hydrogen-bond donors (Lipinski definition) is 2. The summed E-state index contributed by atoms with van der Waals surface area (Å²) >= 11 is 7.55. The summed E-state index contributed by atoms with van der Waals surface area (Å²) in [4.78, 5) is 3.10. The van der Waals surface area contributed by atoms with Gasteiger partial charge in [-0.1, -0.05) is 11.6 Å². The molecule has 5 heteroatoms. The van der Waals surface area contributed by atoms with Crippen molar-refractivity contribution in [3.05, 3.63) is 21.3 Å². The lowest BCUT2D eigenvalue weighted by atomic mass is 10.3. The van der Waals surface area contributed by atoms with Gasteiger partial charge >= 0.3 is 0 Å². The second kappa shape index (κ2) is 4.16. The van der Waals surface area contributed by atoms with Gasteiger partial charge in [0.05, 0.1) is 17.2 Å². The fraction of sp³-hybridized carbons (Fsp3) is 0.556. The van der Waals surface area contributed by atoms with Gasteiger partial charge in [-0.3, -0.25) is 4.90 Å². The maximum Gasteiger partial charge on any atom is 0.0938 e. The van der Waals surface area contributed by atoms with E-state index in [1.807, 2.05) is 16.3 Å².